The first-order valence-electron chi connectivity index (χ1n) is 8.08. The van der Waals surface area contributed by atoms with Crippen LogP contribution in [0.5, 0.6) is 5.75 Å². The van der Waals surface area contributed by atoms with Gasteiger partial charge in [0.15, 0.2) is 5.82 Å². The molecular weight excluding hydrogens is 314 g/mol. The molecule has 0 fully saturated rings. The Balaban J connectivity index is 2.18. The highest BCUT2D eigenvalue weighted by Crippen LogP contribution is 2.36. The lowest BCUT2D eigenvalue weighted by atomic mass is 9.96. The molecule has 0 unspecified atom stereocenters. The van der Waals surface area contributed by atoms with Gasteiger partial charge in [0.2, 0.25) is 0 Å². The average Bonchev–Trinajstić information content (AvgIpc) is 3.13. The Bertz CT molecular complexity index is 910. The van der Waals surface area contributed by atoms with Crippen LogP contribution in [0.25, 0.3) is 22.5 Å². The predicted molar refractivity (Wildman–Crippen MR) is 94.8 cm³/mol. The van der Waals surface area contributed by atoms with Crippen molar-refractivity contribution in [1.29, 1.82) is 5.26 Å². The molecule has 0 aliphatic carbocycles. The molecule has 2 heterocycles. The number of aromatic amines is 1. The molecule has 0 radical (unpaired) electrons. The molecule has 1 N–H and O–H groups in total. The van der Waals surface area contributed by atoms with Gasteiger partial charge in [-0.2, -0.15) is 10.4 Å². The number of aryl methyl sites for hydroxylation is 1. The van der Waals surface area contributed by atoms with Gasteiger partial charge in [-0.25, -0.2) is 4.98 Å². The summed E-state index contributed by atoms with van der Waals surface area (Å²) in [6, 6.07) is 9.83. The molecule has 1 aromatic carbocycles. The third-order valence-corrected chi connectivity index (χ3v) is 3.69. The van der Waals surface area contributed by atoms with Crippen LogP contribution in [0.15, 0.2) is 36.8 Å². The smallest absolute Gasteiger partial charge is 0.156 e. The molecule has 0 atom stereocenters. The molecule has 0 aliphatic heterocycles. The van der Waals surface area contributed by atoms with Crippen molar-refractivity contribution in [3.8, 4) is 34.3 Å². The molecule has 0 saturated carbocycles. The molecular formula is C19H19N5O. The van der Waals surface area contributed by atoms with Crippen molar-refractivity contribution >= 4 is 0 Å². The van der Waals surface area contributed by atoms with Crippen LogP contribution >= 0.6 is 0 Å². The zero-order valence-electron chi connectivity index (χ0n) is 14.4. The van der Waals surface area contributed by atoms with Crippen molar-refractivity contribution in [2.75, 3.05) is 6.61 Å². The molecule has 25 heavy (non-hydrogen) atoms. The Morgan fingerprint density at radius 3 is 2.68 bits per heavy atom. The molecule has 2 aromatic heterocycles. The summed E-state index contributed by atoms with van der Waals surface area (Å²) >= 11 is 0. The van der Waals surface area contributed by atoms with Crippen molar-refractivity contribution < 1.29 is 4.74 Å². The SMILES string of the molecule is Cc1cc(-c2cc(OCC(C)C)c(C#N)cc2-c2ncn[nH]2)ccn1. The number of hydrogen-bond donors (Lipinski definition) is 1. The summed E-state index contributed by atoms with van der Waals surface area (Å²) in [5.41, 5.74) is 4.09. The standard InChI is InChI=1S/C19H19N5O/c1-12(2)10-25-18-8-16(14-4-5-21-13(3)6-14)17(7-15(18)9-20)19-22-11-23-24-19/h4-8,11-12H,10H2,1-3H3,(H,22,23,24). The summed E-state index contributed by atoms with van der Waals surface area (Å²) in [7, 11) is 0. The van der Waals surface area contributed by atoms with Crippen molar-refractivity contribution in [3.63, 3.8) is 0 Å². The van der Waals surface area contributed by atoms with Gasteiger partial charge in [0.1, 0.15) is 18.1 Å². The number of nitrogens with one attached hydrogen (secondary N) is 1. The quantitative estimate of drug-likeness (QED) is 0.768. The lowest BCUT2D eigenvalue weighted by Crippen LogP contribution is -2.06. The number of aromatic nitrogens is 4. The molecule has 126 valence electrons. The van der Waals surface area contributed by atoms with Crippen LogP contribution in [-0.2, 0) is 0 Å². The first-order valence-corrected chi connectivity index (χ1v) is 8.08. The van der Waals surface area contributed by atoms with Crippen molar-refractivity contribution in [2.45, 2.75) is 20.8 Å². The second-order valence-electron chi connectivity index (χ2n) is 6.23. The maximum Gasteiger partial charge on any atom is 0.156 e. The lowest BCUT2D eigenvalue weighted by molar-refractivity contribution is 0.270. The molecule has 6 heteroatoms. The third kappa shape index (κ3) is 3.66. The van der Waals surface area contributed by atoms with Gasteiger partial charge >= 0.3 is 0 Å². The van der Waals surface area contributed by atoms with Crippen LogP contribution in [0, 0.1) is 24.2 Å². The number of nitriles is 1. The highest BCUT2D eigenvalue weighted by Gasteiger charge is 2.16. The van der Waals surface area contributed by atoms with E-state index >= 15 is 0 Å². The van der Waals surface area contributed by atoms with Crippen molar-refractivity contribution in [1.82, 2.24) is 20.2 Å². The Kier molecular flexibility index (Phi) is 4.75. The fourth-order valence-electron chi connectivity index (χ4n) is 2.53. The van der Waals surface area contributed by atoms with E-state index in [4.69, 9.17) is 4.74 Å². The van der Waals surface area contributed by atoms with Crippen LogP contribution in [0.3, 0.4) is 0 Å². The maximum absolute atomic E-state index is 9.52. The summed E-state index contributed by atoms with van der Waals surface area (Å²) in [5.74, 6) is 1.55. The molecule has 3 aromatic rings. The van der Waals surface area contributed by atoms with E-state index in [1.807, 2.05) is 25.1 Å². The highest BCUT2D eigenvalue weighted by molar-refractivity contribution is 5.83. The average molecular weight is 333 g/mol. The van der Waals surface area contributed by atoms with E-state index in [1.54, 1.807) is 12.3 Å². The van der Waals surface area contributed by atoms with E-state index in [0.717, 1.165) is 22.4 Å². The topological polar surface area (TPSA) is 87.5 Å². The van der Waals surface area contributed by atoms with Crippen LogP contribution in [0.4, 0.5) is 0 Å². The van der Waals surface area contributed by atoms with Gasteiger partial charge in [0.25, 0.3) is 0 Å². The Labute approximate surface area is 146 Å². The van der Waals surface area contributed by atoms with E-state index in [-0.39, 0.29) is 0 Å². The third-order valence-electron chi connectivity index (χ3n) is 3.69. The number of ether oxygens (including phenoxy) is 1. The number of H-pyrrole nitrogens is 1. The van der Waals surface area contributed by atoms with Crippen LogP contribution in [0.2, 0.25) is 0 Å². The van der Waals surface area contributed by atoms with Gasteiger partial charge in [0, 0.05) is 17.5 Å². The minimum absolute atomic E-state index is 0.368. The minimum atomic E-state index is 0.368. The summed E-state index contributed by atoms with van der Waals surface area (Å²) in [4.78, 5) is 8.50. The maximum atomic E-state index is 9.52. The Morgan fingerprint density at radius 1 is 1.20 bits per heavy atom. The van der Waals surface area contributed by atoms with E-state index in [0.29, 0.717) is 29.7 Å². The van der Waals surface area contributed by atoms with Gasteiger partial charge in [0.05, 0.1) is 12.2 Å². The van der Waals surface area contributed by atoms with Gasteiger partial charge in [-0.1, -0.05) is 13.8 Å². The van der Waals surface area contributed by atoms with Crippen molar-refractivity contribution in [3.05, 3.63) is 48.0 Å². The summed E-state index contributed by atoms with van der Waals surface area (Å²) in [5, 5.41) is 16.3. The van der Waals surface area contributed by atoms with Crippen molar-refractivity contribution in [2.24, 2.45) is 5.92 Å². The second-order valence-corrected chi connectivity index (χ2v) is 6.23. The molecule has 0 amide bonds. The van der Waals surface area contributed by atoms with Gasteiger partial charge < -0.3 is 4.74 Å². The van der Waals surface area contributed by atoms with E-state index in [9.17, 15) is 5.26 Å². The number of hydrogen-bond acceptors (Lipinski definition) is 5. The second kappa shape index (κ2) is 7.14. The fourth-order valence-corrected chi connectivity index (χ4v) is 2.53. The van der Waals surface area contributed by atoms with E-state index in [2.05, 4.69) is 40.1 Å². The number of pyridine rings is 1. The largest absolute Gasteiger partial charge is 0.492 e. The fraction of sp³-hybridized carbons (Fsp3) is 0.263. The molecule has 0 aliphatic rings. The molecule has 0 saturated heterocycles. The number of nitrogens with zero attached hydrogens (tertiary/aromatic N) is 4. The van der Waals surface area contributed by atoms with Crippen LogP contribution in [0.1, 0.15) is 25.1 Å². The van der Waals surface area contributed by atoms with Crippen LogP contribution in [-0.4, -0.2) is 26.8 Å². The molecule has 6 nitrogen and oxygen atoms in total. The molecule has 3 rings (SSSR count). The van der Waals surface area contributed by atoms with E-state index in [1.165, 1.54) is 6.33 Å². The first-order chi connectivity index (χ1) is 12.1. The van der Waals surface area contributed by atoms with Gasteiger partial charge in [-0.15, -0.1) is 0 Å². The monoisotopic (exact) mass is 333 g/mol. The van der Waals surface area contributed by atoms with Gasteiger partial charge in [-0.3, -0.25) is 10.1 Å². The van der Waals surface area contributed by atoms with Gasteiger partial charge in [-0.05, 0) is 48.2 Å². The van der Waals surface area contributed by atoms with Crippen LogP contribution < -0.4 is 4.74 Å². The Morgan fingerprint density at radius 2 is 2.04 bits per heavy atom. The Hall–Kier alpha value is -3.20. The normalized spacial score (nSPS) is 10.7. The highest BCUT2D eigenvalue weighted by atomic mass is 16.5. The zero-order chi connectivity index (χ0) is 17.8. The first kappa shape index (κ1) is 16.7. The predicted octanol–water partition coefficient (Wildman–Crippen LogP) is 3.75. The zero-order valence-corrected chi connectivity index (χ0v) is 14.4. The molecule has 0 bridgehead atoms. The summed E-state index contributed by atoms with van der Waals surface area (Å²) in [6.07, 6.45) is 3.22. The lowest BCUT2D eigenvalue weighted by Gasteiger charge is -2.15. The summed E-state index contributed by atoms with van der Waals surface area (Å²) in [6.45, 7) is 6.63. The minimum Gasteiger partial charge on any atom is -0.492 e. The van der Waals surface area contributed by atoms with E-state index < -0.39 is 0 Å². The summed E-state index contributed by atoms with van der Waals surface area (Å²) < 4.78 is 5.87. The number of rotatable bonds is 5. The molecule has 0 spiro atoms. The number of benzene rings is 1.